The van der Waals surface area contributed by atoms with Gasteiger partial charge in [0.2, 0.25) is 11.8 Å². The molecular weight excluding hydrogens is 327 g/mol. The van der Waals surface area contributed by atoms with E-state index in [1.807, 2.05) is 0 Å². The van der Waals surface area contributed by atoms with E-state index in [-0.39, 0.29) is 31.7 Å². The zero-order valence-electron chi connectivity index (χ0n) is 13.7. The molecule has 0 saturated carbocycles. The van der Waals surface area contributed by atoms with Crippen LogP contribution in [0, 0.1) is 13.8 Å². The van der Waals surface area contributed by atoms with Crippen molar-refractivity contribution in [3.05, 3.63) is 17.0 Å². The zero-order valence-corrected chi connectivity index (χ0v) is 13.7. The topological polar surface area (TPSA) is 75.4 Å². The van der Waals surface area contributed by atoms with Gasteiger partial charge in [-0.3, -0.25) is 9.59 Å². The summed E-state index contributed by atoms with van der Waals surface area (Å²) in [4.78, 5) is 24.5. The van der Waals surface area contributed by atoms with Crippen molar-refractivity contribution in [2.75, 3.05) is 6.54 Å². The fourth-order valence-corrected chi connectivity index (χ4v) is 3.00. The zero-order chi connectivity index (χ0) is 18.1. The van der Waals surface area contributed by atoms with Gasteiger partial charge in [0.05, 0.1) is 12.1 Å². The predicted molar refractivity (Wildman–Crippen MR) is 78.1 cm³/mol. The molecule has 6 nitrogen and oxygen atoms in total. The highest BCUT2D eigenvalue weighted by atomic mass is 19.4. The van der Waals surface area contributed by atoms with Crippen molar-refractivity contribution in [2.45, 2.75) is 58.3 Å². The number of hydrogen-bond acceptors (Lipinski definition) is 4. The summed E-state index contributed by atoms with van der Waals surface area (Å²) in [6.07, 6.45) is -4.77. The van der Waals surface area contributed by atoms with E-state index in [1.165, 1.54) is 6.92 Å². The fourth-order valence-electron chi connectivity index (χ4n) is 3.00. The van der Waals surface area contributed by atoms with Crippen LogP contribution in [0.5, 0.6) is 0 Å². The average Bonchev–Trinajstić information content (AvgIpc) is 2.77. The Morgan fingerprint density at radius 3 is 2.50 bits per heavy atom. The third-order valence-corrected chi connectivity index (χ3v) is 4.20. The van der Waals surface area contributed by atoms with Crippen molar-refractivity contribution in [3.8, 4) is 0 Å². The normalized spacial score (nSPS) is 21.7. The van der Waals surface area contributed by atoms with Gasteiger partial charge in [0, 0.05) is 25.1 Å². The quantitative estimate of drug-likeness (QED) is 0.906. The molecule has 1 N–H and O–H groups in total. The van der Waals surface area contributed by atoms with Gasteiger partial charge < -0.3 is 14.7 Å². The lowest BCUT2D eigenvalue weighted by molar-refractivity contribution is -0.197. The van der Waals surface area contributed by atoms with Crippen molar-refractivity contribution in [1.82, 2.24) is 15.4 Å². The summed E-state index contributed by atoms with van der Waals surface area (Å²) in [6.45, 7) is 4.38. The maximum Gasteiger partial charge on any atom is 0.408 e. The summed E-state index contributed by atoms with van der Waals surface area (Å²) in [6, 6.07) is -2.31. The molecule has 0 radical (unpaired) electrons. The number of nitrogens with one attached hydrogen (secondary N) is 1. The first-order valence-corrected chi connectivity index (χ1v) is 7.64. The average molecular weight is 347 g/mol. The molecule has 1 aliphatic heterocycles. The van der Waals surface area contributed by atoms with Crippen LogP contribution in [-0.2, 0) is 16.0 Å². The number of alkyl halides is 3. The Morgan fingerprint density at radius 2 is 2.00 bits per heavy atom. The molecule has 1 aromatic heterocycles. The number of rotatable bonds is 3. The van der Waals surface area contributed by atoms with E-state index in [1.54, 1.807) is 13.8 Å². The van der Waals surface area contributed by atoms with Crippen LogP contribution in [0.25, 0.3) is 0 Å². The SMILES string of the molecule is CC(=O)N[C@@H]1CC[C@H](C(F)(F)F)N(C(=O)Cc2c(C)noc2C)C1. The van der Waals surface area contributed by atoms with Crippen LogP contribution in [0.3, 0.4) is 0 Å². The van der Waals surface area contributed by atoms with Gasteiger partial charge in [-0.1, -0.05) is 5.16 Å². The molecule has 1 aliphatic rings. The first kappa shape index (κ1) is 18.3. The summed E-state index contributed by atoms with van der Waals surface area (Å²) < 4.78 is 44.8. The van der Waals surface area contributed by atoms with Crippen molar-refractivity contribution >= 4 is 11.8 Å². The molecule has 134 valence electrons. The van der Waals surface area contributed by atoms with Crippen molar-refractivity contribution in [3.63, 3.8) is 0 Å². The molecule has 0 aliphatic carbocycles. The van der Waals surface area contributed by atoms with Crippen LogP contribution >= 0.6 is 0 Å². The van der Waals surface area contributed by atoms with E-state index in [9.17, 15) is 22.8 Å². The summed E-state index contributed by atoms with van der Waals surface area (Å²) >= 11 is 0. The molecule has 0 unspecified atom stereocenters. The summed E-state index contributed by atoms with van der Waals surface area (Å²) in [5, 5.41) is 6.30. The highest BCUT2D eigenvalue weighted by Gasteiger charge is 2.48. The number of amides is 2. The third kappa shape index (κ3) is 4.07. The molecule has 0 aromatic carbocycles. The Bertz CT molecular complexity index is 608. The predicted octanol–water partition coefficient (Wildman–Crippen LogP) is 1.89. The summed E-state index contributed by atoms with van der Waals surface area (Å²) in [7, 11) is 0. The molecule has 2 amide bonds. The van der Waals surface area contributed by atoms with Crippen LogP contribution in [0.2, 0.25) is 0 Å². The number of aromatic nitrogens is 1. The maximum absolute atomic E-state index is 13.3. The Balaban J connectivity index is 2.19. The number of hydrogen-bond donors (Lipinski definition) is 1. The molecule has 1 aromatic rings. The second-order valence-electron chi connectivity index (χ2n) is 6.06. The van der Waals surface area contributed by atoms with E-state index in [2.05, 4.69) is 10.5 Å². The minimum absolute atomic E-state index is 0.161. The Hall–Kier alpha value is -2.06. The first-order valence-electron chi connectivity index (χ1n) is 7.64. The molecule has 2 atom stereocenters. The molecule has 1 saturated heterocycles. The van der Waals surface area contributed by atoms with Crippen molar-refractivity contribution in [2.24, 2.45) is 0 Å². The monoisotopic (exact) mass is 347 g/mol. The number of halogens is 3. The van der Waals surface area contributed by atoms with Gasteiger partial charge in [0.1, 0.15) is 11.8 Å². The van der Waals surface area contributed by atoms with Gasteiger partial charge in [-0.25, -0.2) is 0 Å². The Labute approximate surface area is 137 Å². The number of aryl methyl sites for hydroxylation is 2. The number of likely N-dealkylation sites (tertiary alicyclic amines) is 1. The lowest BCUT2D eigenvalue weighted by atomic mass is 9.96. The van der Waals surface area contributed by atoms with Gasteiger partial charge >= 0.3 is 6.18 Å². The highest BCUT2D eigenvalue weighted by molar-refractivity contribution is 5.80. The van der Waals surface area contributed by atoms with Crippen LogP contribution in [0.15, 0.2) is 4.52 Å². The number of nitrogens with zero attached hydrogens (tertiary/aromatic N) is 2. The second-order valence-corrected chi connectivity index (χ2v) is 6.06. The van der Waals surface area contributed by atoms with E-state index in [0.717, 1.165) is 4.90 Å². The van der Waals surface area contributed by atoms with Gasteiger partial charge in [-0.15, -0.1) is 0 Å². The van der Waals surface area contributed by atoms with Crippen LogP contribution in [-0.4, -0.2) is 46.7 Å². The summed E-state index contributed by atoms with van der Waals surface area (Å²) in [5.74, 6) is -0.565. The number of carbonyl (C=O) groups excluding carboxylic acids is 2. The van der Waals surface area contributed by atoms with Gasteiger partial charge in [-0.2, -0.15) is 13.2 Å². The molecule has 0 spiro atoms. The standard InChI is InChI=1S/C15H20F3N3O3/c1-8-12(9(2)24-20-8)6-14(23)21-7-11(19-10(3)22)4-5-13(21)15(16,17)18/h11,13H,4-7H2,1-3H3,(H,19,22)/t11-,13-/m1/s1. The minimum Gasteiger partial charge on any atom is -0.361 e. The second kappa shape index (κ2) is 6.82. The van der Waals surface area contributed by atoms with Crippen LogP contribution in [0.4, 0.5) is 13.2 Å². The van der Waals surface area contributed by atoms with E-state index in [0.29, 0.717) is 17.0 Å². The Kier molecular flexibility index (Phi) is 5.19. The number of carbonyl (C=O) groups is 2. The molecule has 24 heavy (non-hydrogen) atoms. The van der Waals surface area contributed by atoms with Gasteiger partial charge in [0.15, 0.2) is 0 Å². The lowest BCUT2D eigenvalue weighted by Gasteiger charge is -2.40. The largest absolute Gasteiger partial charge is 0.408 e. The van der Waals surface area contributed by atoms with E-state index < -0.39 is 24.2 Å². The Morgan fingerprint density at radius 1 is 1.33 bits per heavy atom. The lowest BCUT2D eigenvalue weighted by Crippen LogP contribution is -2.58. The summed E-state index contributed by atoms with van der Waals surface area (Å²) in [5.41, 5.74) is 0.988. The van der Waals surface area contributed by atoms with E-state index in [4.69, 9.17) is 4.52 Å². The molecule has 1 fully saturated rings. The van der Waals surface area contributed by atoms with Crippen molar-refractivity contribution in [1.29, 1.82) is 0 Å². The molecule has 9 heteroatoms. The maximum atomic E-state index is 13.3. The van der Waals surface area contributed by atoms with Crippen LogP contribution < -0.4 is 5.32 Å². The van der Waals surface area contributed by atoms with Crippen molar-refractivity contribution < 1.29 is 27.3 Å². The molecule has 2 heterocycles. The van der Waals surface area contributed by atoms with Gasteiger partial charge in [-0.05, 0) is 26.7 Å². The first-order chi connectivity index (χ1) is 11.1. The minimum atomic E-state index is -4.50. The molecule has 0 bridgehead atoms. The third-order valence-electron chi connectivity index (χ3n) is 4.20. The molecule has 2 rings (SSSR count). The number of piperidine rings is 1. The van der Waals surface area contributed by atoms with E-state index >= 15 is 0 Å². The smallest absolute Gasteiger partial charge is 0.361 e. The highest BCUT2D eigenvalue weighted by Crippen LogP contribution is 2.32. The fraction of sp³-hybridized carbons (Fsp3) is 0.667. The molecular formula is C15H20F3N3O3. The van der Waals surface area contributed by atoms with Gasteiger partial charge in [0.25, 0.3) is 0 Å². The van der Waals surface area contributed by atoms with Crippen LogP contribution in [0.1, 0.15) is 36.8 Å².